The van der Waals surface area contributed by atoms with E-state index in [1.54, 1.807) is 37.5 Å². The Hall–Kier alpha value is -3.40. The summed E-state index contributed by atoms with van der Waals surface area (Å²) in [5.41, 5.74) is 1.41. The molecule has 1 atom stereocenters. The third kappa shape index (κ3) is 3.31. The first kappa shape index (κ1) is 20.5. The van der Waals surface area contributed by atoms with Gasteiger partial charge in [-0.3, -0.25) is 9.36 Å². The number of hydrogen-bond donors (Lipinski definition) is 0. The minimum atomic E-state index is -0.831. The van der Waals surface area contributed by atoms with E-state index in [1.165, 1.54) is 6.07 Å². The van der Waals surface area contributed by atoms with Crippen LogP contribution in [0.3, 0.4) is 0 Å². The van der Waals surface area contributed by atoms with Crippen molar-refractivity contribution in [2.24, 2.45) is 0 Å². The topological polar surface area (TPSA) is 100 Å². The number of esters is 1. The van der Waals surface area contributed by atoms with Crippen LogP contribution in [-0.2, 0) is 17.7 Å². The maximum atomic E-state index is 13.8. The molecule has 5 rings (SSSR count). The monoisotopic (exact) mass is 454 g/mol. The van der Waals surface area contributed by atoms with Crippen LogP contribution in [0.1, 0.15) is 52.0 Å². The molecule has 1 aliphatic rings. The molecule has 32 heavy (non-hydrogen) atoms. The third-order valence-electron chi connectivity index (χ3n) is 5.60. The number of fused-ring (bicyclic) bond motifs is 2. The first-order chi connectivity index (χ1) is 15.3. The second-order valence-corrected chi connectivity index (χ2v) is 8.79. The van der Waals surface area contributed by atoms with Gasteiger partial charge in [-0.25, -0.2) is 14.2 Å². The molecule has 10 heteroatoms. The van der Waals surface area contributed by atoms with Crippen molar-refractivity contribution in [2.45, 2.75) is 46.3 Å². The van der Waals surface area contributed by atoms with Crippen LogP contribution in [-0.4, -0.2) is 25.7 Å². The number of hydrogen-bond acceptors (Lipinski definition) is 8. The molecule has 1 aliphatic heterocycles. The standard InChI is InChI=1S/C22H19FN4O4S/c1-10-6-7-13(9-14(10)23)18-25-19(31-26-18)12(3)30-22(29)17-11(2)16-20(32-17)24-15-5-4-8-27(15)21(16)28/h6-7,9,12H,4-5,8H2,1-3H3. The van der Waals surface area contributed by atoms with Gasteiger partial charge in [0, 0.05) is 18.5 Å². The summed E-state index contributed by atoms with van der Waals surface area (Å²) in [6.45, 7) is 5.64. The van der Waals surface area contributed by atoms with Crippen molar-refractivity contribution in [3.63, 3.8) is 0 Å². The van der Waals surface area contributed by atoms with Gasteiger partial charge < -0.3 is 9.26 Å². The van der Waals surface area contributed by atoms with Crippen LogP contribution in [0.5, 0.6) is 0 Å². The van der Waals surface area contributed by atoms with E-state index < -0.39 is 12.1 Å². The Morgan fingerprint density at radius 2 is 2.12 bits per heavy atom. The molecule has 0 aliphatic carbocycles. The summed E-state index contributed by atoms with van der Waals surface area (Å²) in [5.74, 6) is 0.0764. The fourth-order valence-corrected chi connectivity index (χ4v) is 4.86. The zero-order valence-electron chi connectivity index (χ0n) is 17.6. The van der Waals surface area contributed by atoms with Crippen molar-refractivity contribution in [2.75, 3.05) is 0 Å². The fraction of sp³-hybridized carbons (Fsp3) is 0.318. The van der Waals surface area contributed by atoms with Gasteiger partial charge in [-0.1, -0.05) is 17.3 Å². The Balaban J connectivity index is 1.40. The van der Waals surface area contributed by atoms with Gasteiger partial charge in [-0.2, -0.15) is 4.98 Å². The SMILES string of the molecule is Cc1ccc(-c2noc(C(C)OC(=O)c3sc4nc5n(c(=O)c4c3C)CCC5)n2)cc1F. The lowest BCUT2D eigenvalue weighted by Gasteiger charge is -2.08. The van der Waals surface area contributed by atoms with E-state index in [0.717, 1.165) is 30.0 Å². The van der Waals surface area contributed by atoms with E-state index >= 15 is 0 Å². The maximum Gasteiger partial charge on any atom is 0.349 e. The number of rotatable bonds is 4. The molecule has 0 fully saturated rings. The molecule has 0 saturated heterocycles. The number of aromatic nitrogens is 4. The molecule has 4 aromatic rings. The van der Waals surface area contributed by atoms with Gasteiger partial charge in [-0.15, -0.1) is 11.3 Å². The molecule has 3 aromatic heterocycles. The second kappa shape index (κ2) is 7.63. The van der Waals surface area contributed by atoms with E-state index in [2.05, 4.69) is 15.1 Å². The first-order valence-electron chi connectivity index (χ1n) is 10.2. The fourth-order valence-electron chi connectivity index (χ4n) is 3.78. The second-order valence-electron chi connectivity index (χ2n) is 7.79. The Morgan fingerprint density at radius 3 is 2.91 bits per heavy atom. The van der Waals surface area contributed by atoms with E-state index in [4.69, 9.17) is 9.26 Å². The largest absolute Gasteiger partial charge is 0.448 e. The average molecular weight is 454 g/mol. The van der Waals surface area contributed by atoms with Crippen molar-refractivity contribution in [3.05, 3.63) is 62.1 Å². The number of halogens is 1. The smallest absolute Gasteiger partial charge is 0.349 e. The van der Waals surface area contributed by atoms with Crippen LogP contribution in [0.15, 0.2) is 27.5 Å². The summed E-state index contributed by atoms with van der Waals surface area (Å²) >= 11 is 1.15. The predicted molar refractivity (Wildman–Crippen MR) is 115 cm³/mol. The van der Waals surface area contributed by atoms with Gasteiger partial charge in [0.1, 0.15) is 21.3 Å². The highest BCUT2D eigenvalue weighted by Crippen LogP contribution is 2.31. The highest BCUT2D eigenvalue weighted by molar-refractivity contribution is 7.20. The quantitative estimate of drug-likeness (QED) is 0.428. The summed E-state index contributed by atoms with van der Waals surface area (Å²) < 4.78 is 26.3. The van der Waals surface area contributed by atoms with Gasteiger partial charge in [0.2, 0.25) is 5.82 Å². The van der Waals surface area contributed by atoms with Gasteiger partial charge >= 0.3 is 5.97 Å². The Kier molecular flexibility index (Phi) is 4.89. The molecule has 1 unspecified atom stereocenters. The maximum absolute atomic E-state index is 13.8. The zero-order valence-corrected chi connectivity index (χ0v) is 18.5. The van der Waals surface area contributed by atoms with Crippen molar-refractivity contribution in [3.8, 4) is 11.4 Å². The Morgan fingerprint density at radius 1 is 1.31 bits per heavy atom. The molecule has 0 amide bonds. The summed E-state index contributed by atoms with van der Waals surface area (Å²) in [7, 11) is 0. The number of nitrogens with zero attached hydrogens (tertiary/aromatic N) is 4. The Bertz CT molecular complexity index is 1440. The normalized spacial score (nSPS) is 14.0. The molecule has 8 nitrogen and oxygen atoms in total. The highest BCUT2D eigenvalue weighted by atomic mass is 32.1. The number of aryl methyl sites for hydroxylation is 3. The lowest BCUT2D eigenvalue weighted by molar-refractivity contribution is 0.0270. The molecule has 0 radical (unpaired) electrons. The van der Waals surface area contributed by atoms with Gasteiger partial charge in [0.25, 0.3) is 11.4 Å². The average Bonchev–Trinajstić information content (AvgIpc) is 3.49. The summed E-state index contributed by atoms with van der Waals surface area (Å²) in [6.07, 6.45) is 0.818. The molecule has 0 saturated carbocycles. The number of thiophene rings is 1. The molecule has 164 valence electrons. The molecule has 4 heterocycles. The molecular formula is C22H19FN4O4S. The van der Waals surface area contributed by atoms with Crippen LogP contribution in [0, 0.1) is 19.7 Å². The highest BCUT2D eigenvalue weighted by Gasteiger charge is 2.26. The van der Waals surface area contributed by atoms with Crippen LogP contribution in [0.4, 0.5) is 4.39 Å². The lowest BCUT2D eigenvalue weighted by Crippen LogP contribution is -2.20. The van der Waals surface area contributed by atoms with Gasteiger partial charge in [-0.05, 0) is 44.4 Å². The Labute approximate surface area is 185 Å². The summed E-state index contributed by atoms with van der Waals surface area (Å²) in [5, 5.41) is 4.32. The molecule has 0 bridgehead atoms. The van der Waals surface area contributed by atoms with Gasteiger partial charge in [0.15, 0.2) is 6.10 Å². The van der Waals surface area contributed by atoms with Crippen molar-refractivity contribution in [1.82, 2.24) is 19.7 Å². The number of carbonyl (C=O) groups is 1. The van der Waals surface area contributed by atoms with Crippen LogP contribution in [0.25, 0.3) is 21.6 Å². The van der Waals surface area contributed by atoms with Crippen molar-refractivity contribution in [1.29, 1.82) is 0 Å². The van der Waals surface area contributed by atoms with E-state index in [0.29, 0.717) is 38.3 Å². The first-order valence-corrected chi connectivity index (χ1v) is 11.0. The lowest BCUT2D eigenvalue weighted by atomic mass is 10.1. The van der Waals surface area contributed by atoms with Crippen LogP contribution in [0.2, 0.25) is 0 Å². The van der Waals surface area contributed by atoms with Gasteiger partial charge in [0.05, 0.1) is 5.39 Å². The number of carbonyl (C=O) groups excluding carboxylic acids is 1. The summed E-state index contributed by atoms with van der Waals surface area (Å²) in [6, 6.07) is 4.64. The predicted octanol–water partition coefficient (Wildman–Crippen LogP) is 4.13. The summed E-state index contributed by atoms with van der Waals surface area (Å²) in [4.78, 5) is 35.3. The minimum Gasteiger partial charge on any atom is -0.448 e. The molecule has 0 spiro atoms. The van der Waals surface area contributed by atoms with Crippen molar-refractivity contribution < 1.29 is 18.4 Å². The van der Waals surface area contributed by atoms with Crippen LogP contribution < -0.4 is 5.56 Å². The van der Waals surface area contributed by atoms with E-state index in [9.17, 15) is 14.0 Å². The molecular weight excluding hydrogens is 435 g/mol. The number of ether oxygens (including phenoxy) is 1. The van der Waals surface area contributed by atoms with E-state index in [-0.39, 0.29) is 23.1 Å². The third-order valence-corrected chi connectivity index (χ3v) is 6.77. The zero-order chi connectivity index (χ0) is 22.6. The van der Waals surface area contributed by atoms with E-state index in [1.807, 2.05) is 0 Å². The van der Waals surface area contributed by atoms with Crippen molar-refractivity contribution >= 4 is 27.5 Å². The number of benzene rings is 1. The minimum absolute atomic E-state index is 0.0882. The molecule has 0 N–H and O–H groups in total. The van der Waals surface area contributed by atoms with Crippen LogP contribution >= 0.6 is 11.3 Å². The molecule has 1 aromatic carbocycles.